The van der Waals surface area contributed by atoms with Crippen molar-refractivity contribution >= 4 is 5.91 Å². The van der Waals surface area contributed by atoms with Gasteiger partial charge in [0.2, 0.25) is 5.91 Å². The quantitative estimate of drug-likeness (QED) is 0.661. The van der Waals surface area contributed by atoms with E-state index in [2.05, 4.69) is 11.2 Å². The molecule has 3 atom stereocenters. The molecule has 0 radical (unpaired) electrons. The van der Waals surface area contributed by atoms with E-state index in [1.807, 2.05) is 0 Å². The lowest BCUT2D eigenvalue weighted by molar-refractivity contribution is -0.123. The summed E-state index contributed by atoms with van der Waals surface area (Å²) >= 11 is 0. The van der Waals surface area contributed by atoms with Crippen LogP contribution < -0.4 is 5.32 Å². The Morgan fingerprint density at radius 2 is 2.21 bits per heavy atom. The monoisotopic (exact) mass is 191 g/mol. The molecule has 2 nitrogen and oxygen atoms in total. The standard InChI is InChI=1S/C12H17NO/c1-2-3-8-11-9-6-4-5-7-10(9)12(14)13-11/h1,9-11H,3-8H2,(H,13,14)/t9-,10+,11+/m1/s1. The SMILES string of the molecule is C#CCC[C@@H]1NC(=O)[C@H]2CCCC[C@@H]12. The van der Waals surface area contributed by atoms with Crippen molar-refractivity contribution in [2.24, 2.45) is 11.8 Å². The number of nitrogens with one attached hydrogen (secondary N) is 1. The third-order valence-electron chi connectivity index (χ3n) is 3.60. The molecule has 1 saturated heterocycles. The first-order chi connectivity index (χ1) is 6.83. The number of fused-ring (bicyclic) bond motifs is 1. The van der Waals surface area contributed by atoms with Crippen LogP contribution >= 0.6 is 0 Å². The smallest absolute Gasteiger partial charge is 0.223 e. The molecule has 2 rings (SSSR count). The largest absolute Gasteiger partial charge is 0.353 e. The number of hydrogen-bond acceptors (Lipinski definition) is 1. The Hall–Kier alpha value is -0.970. The maximum Gasteiger partial charge on any atom is 0.223 e. The van der Waals surface area contributed by atoms with E-state index in [9.17, 15) is 4.79 Å². The van der Waals surface area contributed by atoms with Gasteiger partial charge in [-0.05, 0) is 25.2 Å². The summed E-state index contributed by atoms with van der Waals surface area (Å²) in [6, 6.07) is 0.365. The summed E-state index contributed by atoms with van der Waals surface area (Å²) in [5.74, 6) is 3.80. The van der Waals surface area contributed by atoms with Crippen molar-refractivity contribution < 1.29 is 4.79 Å². The summed E-state index contributed by atoms with van der Waals surface area (Å²) in [7, 11) is 0. The van der Waals surface area contributed by atoms with Crippen LogP contribution in [0.25, 0.3) is 0 Å². The van der Waals surface area contributed by atoms with Crippen LogP contribution in [0.2, 0.25) is 0 Å². The van der Waals surface area contributed by atoms with Crippen molar-refractivity contribution in [1.29, 1.82) is 0 Å². The van der Waals surface area contributed by atoms with Gasteiger partial charge < -0.3 is 5.32 Å². The molecule has 1 amide bonds. The Kier molecular flexibility index (Phi) is 2.77. The number of carbonyl (C=O) groups is 1. The van der Waals surface area contributed by atoms with Crippen LogP contribution in [0.15, 0.2) is 0 Å². The van der Waals surface area contributed by atoms with Crippen LogP contribution in [0.3, 0.4) is 0 Å². The van der Waals surface area contributed by atoms with E-state index in [4.69, 9.17) is 6.42 Å². The van der Waals surface area contributed by atoms with Gasteiger partial charge in [-0.25, -0.2) is 0 Å². The minimum absolute atomic E-state index is 0.275. The zero-order valence-electron chi connectivity index (χ0n) is 8.46. The van der Waals surface area contributed by atoms with Gasteiger partial charge in [0.15, 0.2) is 0 Å². The molecule has 76 valence electrons. The predicted octanol–water partition coefficient (Wildman–Crippen LogP) is 1.70. The molecule has 1 aliphatic carbocycles. The topological polar surface area (TPSA) is 29.1 Å². The van der Waals surface area contributed by atoms with Crippen molar-refractivity contribution in [1.82, 2.24) is 5.32 Å². The van der Waals surface area contributed by atoms with E-state index in [0.29, 0.717) is 17.9 Å². The van der Waals surface area contributed by atoms with Crippen molar-refractivity contribution in [3.63, 3.8) is 0 Å². The fourth-order valence-electron chi connectivity index (χ4n) is 2.89. The van der Waals surface area contributed by atoms with Crippen molar-refractivity contribution in [2.45, 2.75) is 44.6 Å². The normalized spacial score (nSPS) is 35.9. The third-order valence-corrected chi connectivity index (χ3v) is 3.60. The molecule has 2 aliphatic rings. The van der Waals surface area contributed by atoms with E-state index in [1.165, 1.54) is 19.3 Å². The lowest BCUT2D eigenvalue weighted by atomic mass is 9.77. The van der Waals surface area contributed by atoms with Crippen LogP contribution in [0, 0.1) is 24.2 Å². The average Bonchev–Trinajstić information content (AvgIpc) is 2.54. The zero-order chi connectivity index (χ0) is 9.97. The van der Waals surface area contributed by atoms with E-state index in [-0.39, 0.29) is 5.91 Å². The fraction of sp³-hybridized carbons (Fsp3) is 0.750. The summed E-state index contributed by atoms with van der Waals surface area (Å²) in [6.45, 7) is 0. The van der Waals surface area contributed by atoms with Crippen molar-refractivity contribution in [3.8, 4) is 12.3 Å². The highest BCUT2D eigenvalue weighted by Crippen LogP contribution is 2.37. The number of carbonyl (C=O) groups excluding carboxylic acids is 1. The molecule has 1 N–H and O–H groups in total. The Balaban J connectivity index is 1.99. The zero-order valence-corrected chi connectivity index (χ0v) is 8.46. The molecule has 0 aromatic carbocycles. The van der Waals surface area contributed by atoms with Gasteiger partial charge in [-0.15, -0.1) is 12.3 Å². The summed E-state index contributed by atoms with van der Waals surface area (Å²) < 4.78 is 0. The summed E-state index contributed by atoms with van der Waals surface area (Å²) in [5.41, 5.74) is 0. The average molecular weight is 191 g/mol. The Labute approximate surface area is 85.5 Å². The second-order valence-corrected chi connectivity index (χ2v) is 4.41. The van der Waals surface area contributed by atoms with Crippen LogP contribution in [0.1, 0.15) is 38.5 Å². The lowest BCUT2D eigenvalue weighted by Gasteiger charge is -2.26. The van der Waals surface area contributed by atoms with Crippen LogP contribution in [-0.4, -0.2) is 11.9 Å². The van der Waals surface area contributed by atoms with E-state index < -0.39 is 0 Å². The first-order valence-electron chi connectivity index (χ1n) is 5.57. The molecule has 0 aromatic heterocycles. The van der Waals surface area contributed by atoms with Gasteiger partial charge in [-0.3, -0.25) is 4.79 Å². The van der Waals surface area contributed by atoms with Crippen LogP contribution in [0.5, 0.6) is 0 Å². The first kappa shape index (κ1) is 9.58. The molecule has 2 fully saturated rings. The number of amides is 1. The number of rotatable bonds is 2. The van der Waals surface area contributed by atoms with Gasteiger partial charge in [0.1, 0.15) is 0 Å². The maximum atomic E-state index is 11.6. The van der Waals surface area contributed by atoms with Gasteiger partial charge in [-0.1, -0.05) is 12.8 Å². The van der Waals surface area contributed by atoms with Gasteiger partial charge in [0, 0.05) is 18.4 Å². The summed E-state index contributed by atoms with van der Waals surface area (Å²) in [6.07, 6.45) is 11.8. The summed E-state index contributed by atoms with van der Waals surface area (Å²) in [4.78, 5) is 11.6. The van der Waals surface area contributed by atoms with Crippen molar-refractivity contribution in [3.05, 3.63) is 0 Å². The van der Waals surface area contributed by atoms with Crippen LogP contribution in [0.4, 0.5) is 0 Å². The highest BCUT2D eigenvalue weighted by molar-refractivity contribution is 5.81. The molecule has 1 heterocycles. The maximum absolute atomic E-state index is 11.6. The minimum Gasteiger partial charge on any atom is -0.353 e. The highest BCUT2D eigenvalue weighted by Gasteiger charge is 2.42. The molecule has 0 spiro atoms. The molecule has 14 heavy (non-hydrogen) atoms. The van der Waals surface area contributed by atoms with E-state index in [1.54, 1.807) is 0 Å². The van der Waals surface area contributed by atoms with E-state index >= 15 is 0 Å². The Morgan fingerprint density at radius 3 is 3.00 bits per heavy atom. The molecular formula is C12H17NO. The van der Waals surface area contributed by atoms with Gasteiger partial charge in [0.25, 0.3) is 0 Å². The number of hydrogen-bond donors (Lipinski definition) is 1. The minimum atomic E-state index is 0.275. The fourth-order valence-corrected chi connectivity index (χ4v) is 2.89. The Bertz CT molecular complexity index is 266. The molecule has 1 aliphatic heterocycles. The predicted molar refractivity (Wildman–Crippen MR) is 55.4 cm³/mol. The number of terminal acetylenes is 1. The second kappa shape index (κ2) is 4.04. The van der Waals surface area contributed by atoms with Gasteiger partial charge in [-0.2, -0.15) is 0 Å². The van der Waals surface area contributed by atoms with Crippen molar-refractivity contribution in [2.75, 3.05) is 0 Å². The van der Waals surface area contributed by atoms with Crippen LogP contribution in [-0.2, 0) is 4.79 Å². The third kappa shape index (κ3) is 1.64. The molecule has 0 aromatic rings. The molecule has 2 heteroatoms. The molecule has 0 unspecified atom stereocenters. The van der Waals surface area contributed by atoms with E-state index in [0.717, 1.165) is 19.3 Å². The lowest BCUT2D eigenvalue weighted by Crippen LogP contribution is -2.29. The molecular weight excluding hydrogens is 174 g/mol. The van der Waals surface area contributed by atoms with Gasteiger partial charge in [0.05, 0.1) is 0 Å². The molecule has 0 bridgehead atoms. The van der Waals surface area contributed by atoms with Gasteiger partial charge >= 0.3 is 0 Å². The second-order valence-electron chi connectivity index (χ2n) is 4.41. The summed E-state index contributed by atoms with van der Waals surface area (Å²) in [5, 5.41) is 3.10. The highest BCUT2D eigenvalue weighted by atomic mass is 16.2. The first-order valence-corrected chi connectivity index (χ1v) is 5.57. The Morgan fingerprint density at radius 1 is 1.43 bits per heavy atom. The molecule has 1 saturated carbocycles.